The van der Waals surface area contributed by atoms with E-state index >= 15 is 0 Å². The fourth-order valence-electron chi connectivity index (χ4n) is 9.19. The van der Waals surface area contributed by atoms with Crippen LogP contribution < -0.4 is 5.32 Å². The van der Waals surface area contributed by atoms with Gasteiger partial charge in [-0.25, -0.2) is 0 Å². The van der Waals surface area contributed by atoms with E-state index in [1.54, 1.807) is 6.08 Å². The van der Waals surface area contributed by atoms with Crippen molar-refractivity contribution in [3.63, 3.8) is 0 Å². The Labute approximate surface area is 447 Å². The molecule has 14 nitrogen and oxygen atoms in total. The van der Waals surface area contributed by atoms with Crippen LogP contribution in [0.1, 0.15) is 206 Å². The molecule has 14 heteroatoms. The monoisotopic (exact) mass is 1050 g/mol. The summed E-state index contributed by atoms with van der Waals surface area (Å²) in [5.74, 6) is -0.254. The van der Waals surface area contributed by atoms with Crippen LogP contribution in [-0.4, -0.2) is 140 Å². The zero-order valence-electron chi connectivity index (χ0n) is 45.8. The van der Waals surface area contributed by atoms with Crippen LogP contribution in [0.25, 0.3) is 0 Å². The number of rotatable bonds is 45. The third-order valence-corrected chi connectivity index (χ3v) is 13.9. The minimum atomic E-state index is -1.79. The normalized spacial score (nSPS) is 25.8. The highest BCUT2D eigenvalue weighted by atomic mass is 16.7. The summed E-state index contributed by atoms with van der Waals surface area (Å²) in [4.78, 5) is 13.2. The number of ether oxygens (including phenoxy) is 4. The maximum Gasteiger partial charge on any atom is 0.220 e. The largest absolute Gasteiger partial charge is 0.394 e. The summed E-state index contributed by atoms with van der Waals surface area (Å²) in [6, 6.07) is -0.929. The molecule has 0 bridgehead atoms. The molecule has 0 radical (unpaired) electrons. The number of hydrogen-bond donors (Lipinski definition) is 9. The quantitative estimate of drug-likeness (QED) is 0.0205. The van der Waals surface area contributed by atoms with Gasteiger partial charge in [0.2, 0.25) is 5.91 Å². The zero-order chi connectivity index (χ0) is 53.9. The molecule has 2 aliphatic rings. The molecule has 9 N–H and O–H groups in total. The first kappa shape index (κ1) is 67.5. The minimum Gasteiger partial charge on any atom is -0.394 e. The van der Waals surface area contributed by atoms with Crippen molar-refractivity contribution in [3.8, 4) is 0 Å². The highest BCUT2D eigenvalue weighted by molar-refractivity contribution is 5.76. The fourth-order valence-corrected chi connectivity index (χ4v) is 9.19. The summed E-state index contributed by atoms with van der Waals surface area (Å²) >= 11 is 0. The maximum atomic E-state index is 13.2. The number of amides is 1. The van der Waals surface area contributed by atoms with E-state index in [0.29, 0.717) is 12.8 Å². The molecule has 0 aromatic rings. The second-order valence-corrected chi connectivity index (χ2v) is 20.4. The standard InChI is InChI=1S/C60H105NO13/c1-3-5-7-9-11-12-13-14-15-16-17-18-19-20-21-22-23-24-25-26-27-28-29-30-31-32-33-34-35-36-38-40-42-44-52(65)61-48(49(64)43-41-39-37-10-8-6-4-2)47-71-59-57(70)55(68)58(51(46-63)73-59)74-60-56(69)54(67)53(66)50(45-62)72-60/h5,7-8,10-12,14-15,17-18,41,43,48-51,53-60,62-64,66-70H,3-4,6,9,13,16,19-40,42,44-47H2,1-2H3,(H,61,65)/b7-5-,10-8+,12-11-,15-14-,18-17-,43-41+. The summed E-state index contributed by atoms with van der Waals surface area (Å²) in [7, 11) is 0. The van der Waals surface area contributed by atoms with Crippen molar-refractivity contribution in [3.05, 3.63) is 72.9 Å². The number of allylic oxidation sites excluding steroid dienone is 11. The molecule has 1 amide bonds. The smallest absolute Gasteiger partial charge is 0.220 e. The molecule has 74 heavy (non-hydrogen) atoms. The Morgan fingerprint density at radius 2 is 0.946 bits per heavy atom. The lowest BCUT2D eigenvalue weighted by Crippen LogP contribution is -2.65. The van der Waals surface area contributed by atoms with Crippen LogP contribution in [0.2, 0.25) is 0 Å². The van der Waals surface area contributed by atoms with Gasteiger partial charge < -0.3 is 65.1 Å². The van der Waals surface area contributed by atoms with E-state index in [1.165, 1.54) is 109 Å². The van der Waals surface area contributed by atoms with Crippen LogP contribution in [0.3, 0.4) is 0 Å². The van der Waals surface area contributed by atoms with Gasteiger partial charge in [-0.2, -0.15) is 0 Å². The van der Waals surface area contributed by atoms with Gasteiger partial charge in [0, 0.05) is 6.42 Å². The number of nitrogens with one attached hydrogen (secondary N) is 1. The lowest BCUT2D eigenvalue weighted by Gasteiger charge is -2.46. The van der Waals surface area contributed by atoms with Crippen LogP contribution >= 0.6 is 0 Å². The second kappa shape index (κ2) is 45.4. The molecule has 2 rings (SSSR count). The summed E-state index contributed by atoms with van der Waals surface area (Å²) in [5.41, 5.74) is 0. The average Bonchev–Trinajstić information content (AvgIpc) is 3.40. The van der Waals surface area contributed by atoms with Crippen molar-refractivity contribution >= 4 is 5.91 Å². The number of carbonyl (C=O) groups is 1. The molecule has 12 unspecified atom stereocenters. The molecule has 0 saturated carbocycles. The van der Waals surface area contributed by atoms with Gasteiger partial charge in [0.05, 0.1) is 32.0 Å². The molecule has 2 fully saturated rings. The van der Waals surface area contributed by atoms with E-state index in [0.717, 1.165) is 64.2 Å². The van der Waals surface area contributed by atoms with Crippen LogP contribution in [0.4, 0.5) is 0 Å². The van der Waals surface area contributed by atoms with Gasteiger partial charge in [0.15, 0.2) is 12.6 Å². The van der Waals surface area contributed by atoms with Gasteiger partial charge in [0.25, 0.3) is 0 Å². The van der Waals surface area contributed by atoms with Crippen LogP contribution in [0.15, 0.2) is 72.9 Å². The summed E-state index contributed by atoms with van der Waals surface area (Å²) in [6.45, 7) is 2.54. The Morgan fingerprint density at radius 1 is 0.500 bits per heavy atom. The first-order chi connectivity index (χ1) is 36.1. The molecular weight excluding hydrogens is 943 g/mol. The van der Waals surface area contributed by atoms with Gasteiger partial charge in [-0.3, -0.25) is 4.79 Å². The van der Waals surface area contributed by atoms with E-state index in [9.17, 15) is 45.6 Å². The van der Waals surface area contributed by atoms with Crippen LogP contribution in [0, 0.1) is 0 Å². The van der Waals surface area contributed by atoms with Crippen molar-refractivity contribution in [1.82, 2.24) is 5.32 Å². The van der Waals surface area contributed by atoms with E-state index < -0.39 is 86.8 Å². The van der Waals surface area contributed by atoms with Crippen LogP contribution in [-0.2, 0) is 23.7 Å². The number of aliphatic hydroxyl groups is 8. The Bertz CT molecular complexity index is 1520. The van der Waals surface area contributed by atoms with Crippen molar-refractivity contribution in [2.75, 3.05) is 19.8 Å². The SMILES string of the molecule is CC/C=C\C/C=C\C/C=C\C/C=C\CCCCCCCCCCCCCCCCCCCCCCC(=O)NC(COC1OC(CO)C(OC2OC(CO)C(O)C(O)C2O)C(O)C1O)C(O)/C=C/CC/C=C/CCC. The predicted molar refractivity (Wildman–Crippen MR) is 295 cm³/mol. The Balaban J connectivity index is 1.57. The fraction of sp³-hybridized carbons (Fsp3) is 0.783. The lowest BCUT2D eigenvalue weighted by atomic mass is 9.97. The van der Waals surface area contributed by atoms with Crippen molar-refractivity contribution in [1.29, 1.82) is 0 Å². The van der Waals surface area contributed by atoms with Crippen molar-refractivity contribution < 1.29 is 64.6 Å². The Morgan fingerprint density at radius 3 is 1.47 bits per heavy atom. The van der Waals surface area contributed by atoms with Crippen LogP contribution in [0.5, 0.6) is 0 Å². The highest BCUT2D eigenvalue weighted by Crippen LogP contribution is 2.30. The molecule has 0 spiro atoms. The zero-order valence-corrected chi connectivity index (χ0v) is 45.8. The molecule has 0 aromatic heterocycles. The minimum absolute atomic E-state index is 0.254. The number of carbonyl (C=O) groups excluding carboxylic acids is 1. The van der Waals surface area contributed by atoms with E-state index in [1.807, 2.05) is 6.08 Å². The Hall–Kier alpha value is -2.57. The molecule has 0 aromatic carbocycles. The Kier molecular flexibility index (Phi) is 41.5. The first-order valence-electron chi connectivity index (χ1n) is 29.2. The lowest BCUT2D eigenvalue weighted by molar-refractivity contribution is -0.359. The number of unbranched alkanes of at least 4 members (excludes halogenated alkanes) is 22. The van der Waals surface area contributed by atoms with Crippen molar-refractivity contribution in [2.45, 2.75) is 280 Å². The topological polar surface area (TPSA) is 228 Å². The van der Waals surface area contributed by atoms with E-state index in [-0.39, 0.29) is 18.9 Å². The molecule has 428 valence electrons. The number of aliphatic hydroxyl groups excluding tert-OH is 8. The average molecular weight is 1050 g/mol. The molecule has 2 aliphatic heterocycles. The molecule has 12 atom stereocenters. The number of hydrogen-bond acceptors (Lipinski definition) is 13. The van der Waals surface area contributed by atoms with Gasteiger partial charge in [0.1, 0.15) is 48.8 Å². The van der Waals surface area contributed by atoms with E-state index in [4.69, 9.17) is 18.9 Å². The second-order valence-electron chi connectivity index (χ2n) is 20.4. The highest BCUT2D eigenvalue weighted by Gasteiger charge is 2.51. The van der Waals surface area contributed by atoms with Gasteiger partial charge in [-0.05, 0) is 64.2 Å². The van der Waals surface area contributed by atoms with Gasteiger partial charge in [-0.15, -0.1) is 0 Å². The molecular formula is C60H105NO13. The van der Waals surface area contributed by atoms with Crippen molar-refractivity contribution in [2.24, 2.45) is 0 Å². The first-order valence-corrected chi connectivity index (χ1v) is 29.2. The molecule has 2 saturated heterocycles. The van der Waals surface area contributed by atoms with Gasteiger partial charge >= 0.3 is 0 Å². The maximum absolute atomic E-state index is 13.2. The summed E-state index contributed by atoms with van der Waals surface area (Å²) in [5, 5.41) is 86.5. The molecule has 0 aliphatic carbocycles. The van der Waals surface area contributed by atoms with Gasteiger partial charge in [-0.1, -0.05) is 209 Å². The molecule has 2 heterocycles. The van der Waals surface area contributed by atoms with E-state index in [2.05, 4.69) is 79.9 Å². The third-order valence-electron chi connectivity index (χ3n) is 13.9. The summed E-state index contributed by atoms with van der Waals surface area (Å²) < 4.78 is 22.6. The third kappa shape index (κ3) is 31.0. The predicted octanol–water partition coefficient (Wildman–Crippen LogP) is 9.55. The summed E-state index contributed by atoms with van der Waals surface area (Å²) in [6.07, 6.45) is 43.0.